The summed E-state index contributed by atoms with van der Waals surface area (Å²) in [5, 5.41) is 3.96. The third kappa shape index (κ3) is 4.52. The summed E-state index contributed by atoms with van der Waals surface area (Å²) in [7, 11) is 1.55. The molecule has 1 heterocycles. The number of ether oxygens (including phenoxy) is 1. The zero-order valence-corrected chi connectivity index (χ0v) is 16.2. The van der Waals surface area contributed by atoms with E-state index in [9.17, 15) is 9.59 Å². The van der Waals surface area contributed by atoms with Crippen LogP contribution < -0.4 is 10.1 Å². The van der Waals surface area contributed by atoms with Gasteiger partial charge in [-0.15, -0.1) is 0 Å². The normalized spacial score (nSPS) is 10.6. The van der Waals surface area contributed by atoms with Gasteiger partial charge in [-0.25, -0.2) is 0 Å². The molecule has 2 amide bonds. The summed E-state index contributed by atoms with van der Waals surface area (Å²) in [5.74, 6) is 0.297. The number of likely N-dealkylation sites (N-methyl/N-ethyl adjacent to an activating group) is 1. The summed E-state index contributed by atoms with van der Waals surface area (Å²) < 4.78 is 7.31. The van der Waals surface area contributed by atoms with E-state index >= 15 is 0 Å². The molecule has 0 aliphatic carbocycles. The Morgan fingerprint density at radius 3 is 2.61 bits per heavy atom. The van der Waals surface area contributed by atoms with Crippen molar-refractivity contribution in [2.45, 2.75) is 19.9 Å². The van der Waals surface area contributed by atoms with Gasteiger partial charge < -0.3 is 19.5 Å². The van der Waals surface area contributed by atoms with Crippen molar-refractivity contribution in [1.29, 1.82) is 0 Å². The number of fused-ring (bicyclic) bond motifs is 1. The van der Waals surface area contributed by atoms with Crippen LogP contribution in [0.4, 0.5) is 5.69 Å². The molecule has 0 fully saturated rings. The lowest BCUT2D eigenvalue weighted by Crippen LogP contribution is -2.38. The molecule has 0 unspecified atom stereocenters. The first-order valence-corrected chi connectivity index (χ1v) is 9.37. The lowest BCUT2D eigenvalue weighted by molar-refractivity contribution is -0.134. The van der Waals surface area contributed by atoms with E-state index < -0.39 is 0 Å². The van der Waals surface area contributed by atoms with Crippen LogP contribution in [-0.4, -0.2) is 41.5 Å². The smallest absolute Gasteiger partial charge is 0.244 e. The Hall–Kier alpha value is -3.28. The molecule has 0 radical (unpaired) electrons. The first-order chi connectivity index (χ1) is 13.6. The molecular weight excluding hydrogens is 354 g/mol. The van der Waals surface area contributed by atoms with Crippen LogP contribution in [0.15, 0.2) is 60.8 Å². The van der Waals surface area contributed by atoms with Crippen molar-refractivity contribution in [3.8, 4) is 5.75 Å². The molecule has 0 saturated carbocycles. The van der Waals surface area contributed by atoms with E-state index in [0.29, 0.717) is 30.9 Å². The first kappa shape index (κ1) is 19.5. The topological polar surface area (TPSA) is 63.6 Å². The molecule has 2 aromatic carbocycles. The molecule has 28 heavy (non-hydrogen) atoms. The average molecular weight is 379 g/mol. The molecule has 146 valence electrons. The predicted octanol–water partition coefficient (Wildman–Crippen LogP) is 3.53. The SMILES string of the molecule is CCN(CC(=O)Nc1ccccc1OC)C(=O)CCn1ccc2ccccc21. The van der Waals surface area contributed by atoms with Crippen LogP contribution in [0.3, 0.4) is 0 Å². The number of nitrogens with one attached hydrogen (secondary N) is 1. The van der Waals surface area contributed by atoms with Gasteiger partial charge in [-0.3, -0.25) is 9.59 Å². The first-order valence-electron chi connectivity index (χ1n) is 9.37. The molecule has 6 nitrogen and oxygen atoms in total. The minimum atomic E-state index is -0.244. The van der Waals surface area contributed by atoms with Crippen molar-refractivity contribution >= 4 is 28.4 Å². The van der Waals surface area contributed by atoms with E-state index in [-0.39, 0.29) is 18.4 Å². The molecule has 0 atom stereocenters. The molecule has 0 aliphatic rings. The summed E-state index contributed by atoms with van der Waals surface area (Å²) >= 11 is 0. The quantitative estimate of drug-likeness (QED) is 0.651. The van der Waals surface area contributed by atoms with Crippen LogP contribution >= 0.6 is 0 Å². The predicted molar refractivity (Wildman–Crippen MR) is 110 cm³/mol. The highest BCUT2D eigenvalue weighted by molar-refractivity contribution is 5.95. The van der Waals surface area contributed by atoms with Gasteiger partial charge in [0, 0.05) is 31.2 Å². The monoisotopic (exact) mass is 379 g/mol. The number of amides is 2. The lowest BCUT2D eigenvalue weighted by atomic mass is 10.2. The van der Waals surface area contributed by atoms with E-state index in [4.69, 9.17) is 4.74 Å². The standard InChI is InChI=1S/C22H25N3O3/c1-3-24(16-21(26)23-18-9-5-7-11-20(18)28-2)22(27)13-15-25-14-12-17-8-4-6-10-19(17)25/h4-12,14H,3,13,15-16H2,1-2H3,(H,23,26). The number of nitrogens with zero attached hydrogens (tertiary/aromatic N) is 2. The number of benzene rings is 2. The molecule has 0 saturated heterocycles. The summed E-state index contributed by atoms with van der Waals surface area (Å²) in [5.41, 5.74) is 1.70. The Bertz CT molecular complexity index is 964. The highest BCUT2D eigenvalue weighted by atomic mass is 16.5. The minimum absolute atomic E-state index is 0.0137. The van der Waals surface area contributed by atoms with E-state index in [1.807, 2.05) is 55.6 Å². The number of para-hydroxylation sites is 3. The molecule has 1 N–H and O–H groups in total. The Kier molecular flexibility index (Phi) is 6.32. The van der Waals surface area contributed by atoms with Crippen molar-refractivity contribution in [2.24, 2.45) is 0 Å². The van der Waals surface area contributed by atoms with Crippen molar-refractivity contribution in [1.82, 2.24) is 9.47 Å². The van der Waals surface area contributed by atoms with Gasteiger partial charge in [0.25, 0.3) is 0 Å². The van der Waals surface area contributed by atoms with Gasteiger partial charge in [-0.1, -0.05) is 30.3 Å². The highest BCUT2D eigenvalue weighted by Crippen LogP contribution is 2.23. The number of anilines is 1. The molecule has 6 heteroatoms. The Balaban J connectivity index is 1.58. The number of carbonyl (C=O) groups excluding carboxylic acids is 2. The maximum atomic E-state index is 12.6. The number of aromatic nitrogens is 1. The summed E-state index contributed by atoms with van der Waals surface area (Å²) in [6.45, 7) is 2.95. The fraction of sp³-hybridized carbons (Fsp3) is 0.273. The second-order valence-electron chi connectivity index (χ2n) is 6.47. The Morgan fingerprint density at radius 1 is 1.07 bits per heavy atom. The van der Waals surface area contributed by atoms with Crippen LogP contribution in [0, 0.1) is 0 Å². The molecule has 0 aliphatic heterocycles. The molecule has 3 rings (SSSR count). The summed E-state index contributed by atoms with van der Waals surface area (Å²) in [4.78, 5) is 26.6. The van der Waals surface area contributed by atoms with Crippen molar-refractivity contribution in [2.75, 3.05) is 25.5 Å². The zero-order chi connectivity index (χ0) is 19.9. The number of methoxy groups -OCH3 is 1. The highest BCUT2D eigenvalue weighted by Gasteiger charge is 2.17. The largest absolute Gasteiger partial charge is 0.495 e. The average Bonchev–Trinajstić information content (AvgIpc) is 3.13. The van der Waals surface area contributed by atoms with Crippen molar-refractivity contribution in [3.05, 3.63) is 60.8 Å². The second-order valence-corrected chi connectivity index (χ2v) is 6.47. The fourth-order valence-electron chi connectivity index (χ4n) is 3.20. The van der Waals surface area contributed by atoms with Crippen LogP contribution in [0.5, 0.6) is 5.75 Å². The van der Waals surface area contributed by atoms with Gasteiger partial charge in [-0.2, -0.15) is 0 Å². The zero-order valence-electron chi connectivity index (χ0n) is 16.2. The van der Waals surface area contributed by atoms with Gasteiger partial charge in [0.05, 0.1) is 19.3 Å². The summed E-state index contributed by atoms with van der Waals surface area (Å²) in [6.07, 6.45) is 2.33. The second kappa shape index (κ2) is 9.08. The Labute approximate surface area is 164 Å². The van der Waals surface area contributed by atoms with E-state index in [1.165, 1.54) is 0 Å². The maximum absolute atomic E-state index is 12.6. The number of carbonyl (C=O) groups is 2. The van der Waals surface area contributed by atoms with Gasteiger partial charge in [0.1, 0.15) is 5.75 Å². The van der Waals surface area contributed by atoms with Crippen LogP contribution in [0.1, 0.15) is 13.3 Å². The number of rotatable bonds is 8. The Morgan fingerprint density at radius 2 is 1.82 bits per heavy atom. The van der Waals surface area contributed by atoms with Crippen LogP contribution in [0.25, 0.3) is 10.9 Å². The summed E-state index contributed by atoms with van der Waals surface area (Å²) in [6, 6.07) is 17.3. The van der Waals surface area contributed by atoms with Gasteiger partial charge in [0.2, 0.25) is 11.8 Å². The van der Waals surface area contributed by atoms with E-state index in [0.717, 1.165) is 10.9 Å². The van der Waals surface area contributed by atoms with E-state index in [2.05, 4.69) is 9.88 Å². The fourth-order valence-corrected chi connectivity index (χ4v) is 3.20. The molecule has 3 aromatic rings. The number of hydrogen-bond acceptors (Lipinski definition) is 3. The third-order valence-electron chi connectivity index (χ3n) is 4.70. The lowest BCUT2D eigenvalue weighted by Gasteiger charge is -2.21. The third-order valence-corrected chi connectivity index (χ3v) is 4.70. The number of hydrogen-bond donors (Lipinski definition) is 1. The van der Waals surface area contributed by atoms with Gasteiger partial charge in [-0.05, 0) is 36.6 Å². The van der Waals surface area contributed by atoms with Crippen molar-refractivity contribution < 1.29 is 14.3 Å². The molecule has 0 spiro atoms. The number of aryl methyl sites for hydroxylation is 1. The van der Waals surface area contributed by atoms with Crippen LogP contribution in [-0.2, 0) is 16.1 Å². The van der Waals surface area contributed by atoms with E-state index in [1.54, 1.807) is 24.1 Å². The van der Waals surface area contributed by atoms with Crippen LogP contribution in [0.2, 0.25) is 0 Å². The van der Waals surface area contributed by atoms with Crippen molar-refractivity contribution in [3.63, 3.8) is 0 Å². The molecule has 1 aromatic heterocycles. The maximum Gasteiger partial charge on any atom is 0.244 e. The molecular formula is C22H25N3O3. The van der Waals surface area contributed by atoms with Gasteiger partial charge in [0.15, 0.2) is 0 Å². The minimum Gasteiger partial charge on any atom is -0.495 e. The molecule has 0 bridgehead atoms. The van der Waals surface area contributed by atoms with Gasteiger partial charge >= 0.3 is 0 Å².